The molecule has 2 amide bonds. The number of hydrogen-bond acceptors (Lipinski definition) is 14. The molecule has 4 aromatic rings. The van der Waals surface area contributed by atoms with Gasteiger partial charge in [0.15, 0.2) is 19.7 Å². The van der Waals surface area contributed by atoms with Gasteiger partial charge in [0.05, 0.1) is 58.2 Å². The molecule has 2 aromatic carbocycles. The average molecular weight is 859 g/mol. The number of nitrogens with one attached hydrogen (secondary N) is 2. The van der Waals surface area contributed by atoms with Gasteiger partial charge in [0.25, 0.3) is 0 Å². The average Bonchev–Trinajstić information content (AvgIpc) is 3.59. The summed E-state index contributed by atoms with van der Waals surface area (Å²) < 4.78 is 61.9. The number of ether oxygens (including phenoxy) is 2. The molecule has 60 heavy (non-hydrogen) atoms. The minimum Gasteiger partial charge on any atom is -0.378 e. The lowest BCUT2D eigenvalue weighted by Gasteiger charge is -2.51. The minimum atomic E-state index is -3.38. The zero-order valence-electron chi connectivity index (χ0n) is 35.0. The standard InChI is InChI=1S/C42H50N8O8S2/c1-9-59(53,54)28-11-13-32(25(5)15-28)45-38-43-17-30-34(47-38)49(24(3)4)36(51)41(30)20-40(8,21-41)58-19-27(7)50-35-31(42(37(50)52)22-57-23-42)18-44-39(48-35)46-33-14-12-29(16-26(33)6)60(55,56)10-2/h11-18,24,27H,9-10,19-23H2,1-8H3,(H,43,45,47)(H,44,46,48). The fourth-order valence-electron chi connectivity index (χ4n) is 8.84. The smallest absolute Gasteiger partial charge is 0.244 e. The second-order valence-corrected chi connectivity index (χ2v) is 21.5. The molecule has 18 heteroatoms. The Balaban J connectivity index is 0.991. The molecule has 2 spiro atoms. The van der Waals surface area contributed by atoms with Gasteiger partial charge in [-0.1, -0.05) is 13.8 Å². The summed E-state index contributed by atoms with van der Waals surface area (Å²) in [6, 6.07) is 9.10. The number of amides is 2. The number of hydrogen-bond donors (Lipinski definition) is 2. The van der Waals surface area contributed by atoms with Crippen molar-refractivity contribution in [3.63, 3.8) is 0 Å². The van der Waals surface area contributed by atoms with Crippen molar-refractivity contribution >= 4 is 66.4 Å². The first-order valence-corrected chi connectivity index (χ1v) is 23.4. The monoisotopic (exact) mass is 858 g/mol. The number of rotatable bonds is 13. The first kappa shape index (κ1) is 41.7. The van der Waals surface area contributed by atoms with Gasteiger partial charge in [-0.05, 0) is 102 Å². The Morgan fingerprint density at radius 3 is 1.65 bits per heavy atom. The quantitative estimate of drug-likeness (QED) is 0.177. The van der Waals surface area contributed by atoms with Crippen LogP contribution in [0.25, 0.3) is 0 Å². The molecule has 3 aliphatic heterocycles. The van der Waals surface area contributed by atoms with Crippen LogP contribution in [0.15, 0.2) is 58.6 Å². The van der Waals surface area contributed by atoms with Gasteiger partial charge < -0.3 is 20.1 Å². The third-order valence-electron chi connectivity index (χ3n) is 12.3. The van der Waals surface area contributed by atoms with E-state index in [9.17, 15) is 26.4 Å². The molecule has 2 N–H and O–H groups in total. The van der Waals surface area contributed by atoms with Crippen LogP contribution in [0.2, 0.25) is 0 Å². The lowest BCUT2D eigenvalue weighted by Crippen LogP contribution is -2.60. The van der Waals surface area contributed by atoms with Crippen molar-refractivity contribution < 1.29 is 35.9 Å². The van der Waals surface area contributed by atoms with Crippen LogP contribution in [0.4, 0.5) is 34.9 Å². The largest absolute Gasteiger partial charge is 0.378 e. The number of carbonyl (C=O) groups is 2. The van der Waals surface area contributed by atoms with Gasteiger partial charge in [-0.2, -0.15) is 9.97 Å². The predicted molar refractivity (Wildman–Crippen MR) is 226 cm³/mol. The maximum Gasteiger partial charge on any atom is 0.244 e. The molecule has 16 nitrogen and oxygen atoms in total. The number of benzene rings is 2. The highest BCUT2D eigenvalue weighted by atomic mass is 32.2. The minimum absolute atomic E-state index is 0.00321. The van der Waals surface area contributed by atoms with Crippen LogP contribution in [0, 0.1) is 13.8 Å². The number of anilines is 6. The molecule has 4 aliphatic rings. The van der Waals surface area contributed by atoms with E-state index in [1.54, 1.807) is 79.4 Å². The summed E-state index contributed by atoms with van der Waals surface area (Å²) in [5.41, 5.74) is 1.65. The molecule has 1 unspecified atom stereocenters. The van der Waals surface area contributed by atoms with Gasteiger partial charge in [0, 0.05) is 40.9 Å². The normalized spacial score (nSPS) is 22.2. The molecule has 1 atom stereocenters. The number of fused-ring (bicyclic) bond motifs is 4. The topological polar surface area (TPSA) is 203 Å². The Morgan fingerprint density at radius 1 is 0.750 bits per heavy atom. The Hall–Kier alpha value is -5.04. The van der Waals surface area contributed by atoms with Crippen LogP contribution in [-0.4, -0.2) is 97.6 Å². The van der Waals surface area contributed by atoms with E-state index in [2.05, 4.69) is 20.6 Å². The molecule has 5 heterocycles. The second-order valence-electron chi connectivity index (χ2n) is 16.9. The summed E-state index contributed by atoms with van der Waals surface area (Å²) in [5.74, 6) is 1.32. The molecular weight excluding hydrogens is 809 g/mol. The third kappa shape index (κ3) is 6.62. The third-order valence-corrected chi connectivity index (χ3v) is 15.8. The van der Waals surface area contributed by atoms with Crippen LogP contribution in [0.5, 0.6) is 0 Å². The number of nitrogens with zero attached hydrogens (tertiary/aromatic N) is 6. The van der Waals surface area contributed by atoms with Crippen molar-refractivity contribution in [2.24, 2.45) is 0 Å². The Morgan fingerprint density at radius 2 is 1.22 bits per heavy atom. The molecule has 8 rings (SSSR count). The molecule has 2 fully saturated rings. The fraction of sp³-hybridized carbons (Fsp3) is 0.476. The Kier molecular flexibility index (Phi) is 10.1. The Labute approximate surface area is 350 Å². The zero-order chi connectivity index (χ0) is 43.2. The maximum absolute atomic E-state index is 14.3. The van der Waals surface area contributed by atoms with Gasteiger partial charge >= 0.3 is 0 Å². The number of aromatic nitrogens is 4. The van der Waals surface area contributed by atoms with Gasteiger partial charge in [-0.15, -0.1) is 0 Å². The van der Waals surface area contributed by atoms with Gasteiger partial charge in [-0.3, -0.25) is 19.4 Å². The molecule has 1 saturated heterocycles. The molecule has 1 saturated carbocycles. The van der Waals surface area contributed by atoms with E-state index in [1.807, 2.05) is 34.6 Å². The van der Waals surface area contributed by atoms with E-state index in [0.29, 0.717) is 52.5 Å². The fourth-order valence-corrected chi connectivity index (χ4v) is 10.8. The summed E-state index contributed by atoms with van der Waals surface area (Å²) in [6.45, 7) is 15.2. The van der Waals surface area contributed by atoms with Crippen LogP contribution in [-0.2, 0) is 49.6 Å². The lowest BCUT2D eigenvalue weighted by atomic mass is 9.57. The van der Waals surface area contributed by atoms with Crippen molar-refractivity contribution in [1.82, 2.24) is 19.9 Å². The lowest BCUT2D eigenvalue weighted by molar-refractivity contribution is -0.155. The number of carbonyl (C=O) groups excluding carboxylic acids is 2. The van der Waals surface area contributed by atoms with Crippen LogP contribution >= 0.6 is 0 Å². The molecule has 318 valence electrons. The molecular formula is C42H50N8O8S2. The van der Waals surface area contributed by atoms with E-state index >= 15 is 0 Å². The highest BCUT2D eigenvalue weighted by Crippen LogP contribution is 2.59. The summed E-state index contributed by atoms with van der Waals surface area (Å²) in [4.78, 5) is 51.1. The highest BCUT2D eigenvalue weighted by molar-refractivity contribution is 7.91. The first-order valence-electron chi connectivity index (χ1n) is 20.1. The van der Waals surface area contributed by atoms with Crippen molar-refractivity contribution in [3.05, 3.63) is 71.0 Å². The molecule has 0 radical (unpaired) electrons. The summed E-state index contributed by atoms with van der Waals surface area (Å²) in [6.07, 6.45) is 4.14. The first-order chi connectivity index (χ1) is 28.3. The van der Waals surface area contributed by atoms with E-state index in [4.69, 9.17) is 19.4 Å². The van der Waals surface area contributed by atoms with E-state index in [-0.39, 0.29) is 70.9 Å². The predicted octanol–water partition coefficient (Wildman–Crippen LogP) is 5.22. The van der Waals surface area contributed by atoms with E-state index in [1.165, 1.54) is 0 Å². The SMILES string of the molecule is CCS(=O)(=O)c1ccc(Nc2ncc3c(n2)N(C(C)C)C(=O)C32CC(C)(OCC(C)N3C(=O)C4(COC4)c4cnc(Nc5ccc(S(=O)(=O)CC)cc5C)nc43)C2)c(C)c1. The van der Waals surface area contributed by atoms with E-state index < -0.39 is 42.1 Å². The summed E-state index contributed by atoms with van der Waals surface area (Å²) in [5, 5.41) is 6.41. The van der Waals surface area contributed by atoms with Crippen LogP contribution in [0.3, 0.4) is 0 Å². The maximum atomic E-state index is 14.3. The molecule has 2 aromatic heterocycles. The van der Waals surface area contributed by atoms with Crippen molar-refractivity contribution in [3.8, 4) is 0 Å². The molecule has 1 aliphatic carbocycles. The van der Waals surface area contributed by atoms with Gasteiger partial charge in [-0.25, -0.2) is 26.8 Å². The van der Waals surface area contributed by atoms with Crippen molar-refractivity contribution in [2.75, 3.05) is 51.8 Å². The zero-order valence-corrected chi connectivity index (χ0v) is 36.6. The number of aryl methyl sites for hydroxylation is 2. The van der Waals surface area contributed by atoms with Gasteiger partial charge in [0.1, 0.15) is 17.1 Å². The summed E-state index contributed by atoms with van der Waals surface area (Å²) in [7, 11) is -6.74. The van der Waals surface area contributed by atoms with Crippen LogP contribution < -0.4 is 20.4 Å². The Bertz CT molecular complexity index is 2660. The van der Waals surface area contributed by atoms with Crippen molar-refractivity contribution in [2.45, 2.75) is 107 Å². The molecule has 0 bridgehead atoms. The van der Waals surface area contributed by atoms with Gasteiger partial charge in [0.2, 0.25) is 23.7 Å². The second kappa shape index (κ2) is 14.6. The summed E-state index contributed by atoms with van der Waals surface area (Å²) >= 11 is 0. The number of sulfone groups is 2. The highest BCUT2D eigenvalue weighted by Gasteiger charge is 2.65. The van der Waals surface area contributed by atoms with Crippen LogP contribution in [0.1, 0.15) is 76.6 Å². The van der Waals surface area contributed by atoms with E-state index in [0.717, 1.165) is 5.56 Å². The van der Waals surface area contributed by atoms with Crippen molar-refractivity contribution in [1.29, 1.82) is 0 Å².